The summed E-state index contributed by atoms with van der Waals surface area (Å²) in [5.74, 6) is -1.06. The van der Waals surface area contributed by atoms with Crippen LogP contribution in [0.25, 0.3) is 0 Å². The minimum atomic E-state index is -3.86. The van der Waals surface area contributed by atoms with Crippen LogP contribution in [0.1, 0.15) is 18.1 Å². The number of amides is 2. The van der Waals surface area contributed by atoms with Gasteiger partial charge < -0.3 is 10.6 Å². The predicted octanol–water partition coefficient (Wildman–Crippen LogP) is 4.07. The zero-order chi connectivity index (χ0) is 23.3. The Labute approximate surface area is 185 Å². The number of aryl methyl sites for hydroxylation is 1. The van der Waals surface area contributed by atoms with Gasteiger partial charge in [-0.2, -0.15) is 0 Å². The number of carbonyl (C=O) groups excluding carboxylic acids is 2. The van der Waals surface area contributed by atoms with E-state index in [2.05, 4.69) is 15.4 Å². The maximum absolute atomic E-state index is 13.0. The van der Waals surface area contributed by atoms with E-state index in [1.807, 2.05) is 13.0 Å². The van der Waals surface area contributed by atoms with E-state index in [1.165, 1.54) is 19.1 Å². The second-order valence-electron chi connectivity index (χ2n) is 7.21. The van der Waals surface area contributed by atoms with Crippen LogP contribution >= 0.6 is 0 Å². The average molecular weight is 456 g/mol. The maximum Gasteiger partial charge on any atom is 0.261 e. The average Bonchev–Trinajstić information content (AvgIpc) is 2.71. The first-order valence-electron chi connectivity index (χ1n) is 9.68. The normalized spacial score (nSPS) is 11.0. The summed E-state index contributed by atoms with van der Waals surface area (Å²) in [5, 5.41) is 5.46. The Morgan fingerprint density at radius 1 is 0.875 bits per heavy atom. The number of nitrogens with one attached hydrogen (secondary N) is 3. The molecule has 0 aromatic heterocycles. The summed E-state index contributed by atoms with van der Waals surface area (Å²) >= 11 is 0. The number of rotatable bonds is 7. The van der Waals surface area contributed by atoms with Gasteiger partial charge in [0.2, 0.25) is 11.8 Å². The van der Waals surface area contributed by atoms with Gasteiger partial charge in [-0.3, -0.25) is 14.3 Å². The minimum absolute atomic E-state index is 0.0540. The molecule has 166 valence electrons. The quantitative estimate of drug-likeness (QED) is 0.499. The van der Waals surface area contributed by atoms with Crippen LogP contribution in [-0.2, 0) is 26.0 Å². The van der Waals surface area contributed by atoms with Crippen LogP contribution in [0.5, 0.6) is 0 Å². The fourth-order valence-electron chi connectivity index (χ4n) is 2.96. The molecule has 32 heavy (non-hydrogen) atoms. The molecule has 0 aliphatic heterocycles. The number of benzene rings is 3. The van der Waals surface area contributed by atoms with Crippen molar-refractivity contribution >= 4 is 38.9 Å². The first-order chi connectivity index (χ1) is 15.1. The van der Waals surface area contributed by atoms with Gasteiger partial charge in [-0.15, -0.1) is 0 Å². The van der Waals surface area contributed by atoms with Gasteiger partial charge in [-0.1, -0.05) is 18.2 Å². The highest BCUT2D eigenvalue weighted by atomic mass is 32.2. The van der Waals surface area contributed by atoms with Gasteiger partial charge in [0.05, 0.1) is 22.7 Å². The molecule has 0 saturated carbocycles. The SMILES string of the molecule is CC(=O)Nc1ccc(C)cc1NC(=O)Cc1ccc(NS(=O)(=O)c2ccc(F)cc2)cc1. The molecule has 0 bridgehead atoms. The summed E-state index contributed by atoms with van der Waals surface area (Å²) in [4.78, 5) is 23.8. The molecule has 2 amide bonds. The van der Waals surface area contributed by atoms with Crippen LogP contribution in [0.4, 0.5) is 21.5 Å². The number of carbonyl (C=O) groups is 2. The minimum Gasteiger partial charge on any atom is -0.325 e. The molecule has 3 rings (SSSR count). The van der Waals surface area contributed by atoms with Crippen molar-refractivity contribution in [2.75, 3.05) is 15.4 Å². The molecule has 3 aromatic rings. The Kier molecular flexibility index (Phi) is 6.89. The molecule has 9 heteroatoms. The third-order valence-corrected chi connectivity index (χ3v) is 5.85. The van der Waals surface area contributed by atoms with Crippen molar-refractivity contribution in [1.29, 1.82) is 0 Å². The fourth-order valence-corrected chi connectivity index (χ4v) is 4.02. The van der Waals surface area contributed by atoms with E-state index in [1.54, 1.807) is 36.4 Å². The Morgan fingerprint density at radius 2 is 1.53 bits per heavy atom. The van der Waals surface area contributed by atoms with E-state index in [9.17, 15) is 22.4 Å². The molecule has 3 N–H and O–H groups in total. The first-order valence-corrected chi connectivity index (χ1v) is 11.2. The summed E-state index contributed by atoms with van der Waals surface area (Å²) in [6, 6.07) is 16.1. The topological polar surface area (TPSA) is 104 Å². The van der Waals surface area contributed by atoms with E-state index in [0.717, 1.165) is 17.7 Å². The van der Waals surface area contributed by atoms with Gasteiger partial charge in [0.1, 0.15) is 5.82 Å². The summed E-state index contributed by atoms with van der Waals surface area (Å²) < 4.78 is 40.2. The van der Waals surface area contributed by atoms with Crippen molar-refractivity contribution < 1.29 is 22.4 Å². The Morgan fingerprint density at radius 3 is 2.16 bits per heavy atom. The largest absolute Gasteiger partial charge is 0.325 e. The molecule has 0 aliphatic rings. The van der Waals surface area contributed by atoms with Crippen molar-refractivity contribution in [3.05, 3.63) is 83.7 Å². The molecule has 0 aliphatic carbocycles. The Bertz CT molecular complexity index is 1240. The number of anilines is 3. The number of hydrogen-bond acceptors (Lipinski definition) is 4. The summed E-state index contributed by atoms with van der Waals surface area (Å²) in [6.07, 6.45) is 0.0540. The van der Waals surface area contributed by atoms with Crippen LogP contribution in [0.2, 0.25) is 0 Å². The fraction of sp³-hybridized carbons (Fsp3) is 0.130. The summed E-state index contributed by atoms with van der Waals surface area (Å²) in [7, 11) is -3.86. The predicted molar refractivity (Wildman–Crippen MR) is 121 cm³/mol. The lowest BCUT2D eigenvalue weighted by molar-refractivity contribution is -0.116. The molecule has 0 fully saturated rings. The third kappa shape index (κ3) is 6.14. The number of hydrogen-bond donors (Lipinski definition) is 3. The Balaban J connectivity index is 1.66. The van der Waals surface area contributed by atoms with Gasteiger partial charge in [0.25, 0.3) is 10.0 Å². The molecular weight excluding hydrogens is 433 g/mol. The van der Waals surface area contributed by atoms with E-state index < -0.39 is 15.8 Å². The standard InChI is InChI=1S/C23H22FN3O4S/c1-15-3-12-21(25-16(2)28)22(13-15)26-23(29)14-17-4-8-19(9-5-17)27-32(30,31)20-10-6-18(24)7-11-20/h3-13,27H,14H2,1-2H3,(H,25,28)(H,26,29). The zero-order valence-corrected chi connectivity index (χ0v) is 18.3. The van der Waals surface area contributed by atoms with Crippen molar-refractivity contribution in [3.63, 3.8) is 0 Å². The lowest BCUT2D eigenvalue weighted by Crippen LogP contribution is -2.17. The van der Waals surface area contributed by atoms with Crippen molar-refractivity contribution in [2.45, 2.75) is 25.2 Å². The zero-order valence-electron chi connectivity index (χ0n) is 17.5. The summed E-state index contributed by atoms with van der Waals surface area (Å²) in [6.45, 7) is 3.26. The second kappa shape index (κ2) is 9.61. The first kappa shape index (κ1) is 23.0. The highest BCUT2D eigenvalue weighted by molar-refractivity contribution is 7.92. The molecule has 0 unspecified atom stereocenters. The highest BCUT2D eigenvalue weighted by Gasteiger charge is 2.14. The third-order valence-electron chi connectivity index (χ3n) is 4.45. The van der Waals surface area contributed by atoms with Gasteiger partial charge in [0, 0.05) is 12.6 Å². The monoisotopic (exact) mass is 455 g/mol. The van der Waals surface area contributed by atoms with Crippen LogP contribution in [-0.4, -0.2) is 20.2 Å². The van der Waals surface area contributed by atoms with E-state index in [0.29, 0.717) is 22.6 Å². The van der Waals surface area contributed by atoms with Crippen LogP contribution in [0, 0.1) is 12.7 Å². The van der Waals surface area contributed by atoms with Gasteiger partial charge in [-0.05, 0) is 66.6 Å². The van der Waals surface area contributed by atoms with Crippen molar-refractivity contribution in [3.8, 4) is 0 Å². The van der Waals surface area contributed by atoms with E-state index in [4.69, 9.17) is 0 Å². The van der Waals surface area contributed by atoms with E-state index >= 15 is 0 Å². The van der Waals surface area contributed by atoms with Gasteiger partial charge in [-0.25, -0.2) is 12.8 Å². The van der Waals surface area contributed by atoms with Crippen molar-refractivity contribution in [1.82, 2.24) is 0 Å². The van der Waals surface area contributed by atoms with E-state index in [-0.39, 0.29) is 23.1 Å². The van der Waals surface area contributed by atoms with Crippen molar-refractivity contribution in [2.24, 2.45) is 0 Å². The molecule has 0 heterocycles. The van der Waals surface area contributed by atoms with Gasteiger partial charge in [0.15, 0.2) is 0 Å². The molecule has 0 spiro atoms. The highest BCUT2D eigenvalue weighted by Crippen LogP contribution is 2.24. The van der Waals surface area contributed by atoms with Crippen LogP contribution in [0.15, 0.2) is 71.6 Å². The smallest absolute Gasteiger partial charge is 0.261 e. The molecule has 0 atom stereocenters. The molecule has 0 saturated heterocycles. The lowest BCUT2D eigenvalue weighted by Gasteiger charge is -2.13. The molecule has 3 aromatic carbocycles. The lowest BCUT2D eigenvalue weighted by atomic mass is 10.1. The molecule has 0 radical (unpaired) electrons. The number of sulfonamides is 1. The van der Waals surface area contributed by atoms with Crippen LogP contribution < -0.4 is 15.4 Å². The van der Waals surface area contributed by atoms with Gasteiger partial charge >= 0.3 is 0 Å². The summed E-state index contributed by atoms with van der Waals surface area (Å²) in [5.41, 5.74) is 2.90. The molecular formula is C23H22FN3O4S. The Hall–Kier alpha value is -3.72. The maximum atomic E-state index is 13.0. The van der Waals surface area contributed by atoms with Crippen LogP contribution in [0.3, 0.4) is 0 Å². The molecule has 7 nitrogen and oxygen atoms in total. The number of halogens is 1. The second-order valence-corrected chi connectivity index (χ2v) is 8.89.